The van der Waals surface area contributed by atoms with Crippen molar-refractivity contribution in [3.05, 3.63) is 110 Å². The van der Waals surface area contributed by atoms with E-state index in [0.717, 1.165) is 65.9 Å². The van der Waals surface area contributed by atoms with E-state index in [2.05, 4.69) is 19.2 Å². The number of nitrogens with zero attached hydrogens (tertiary/aromatic N) is 3. The molecule has 2 aromatic carbocycles. The molecule has 0 saturated carbocycles. The number of dihydropyridines is 1. The first-order valence-corrected chi connectivity index (χ1v) is 18.2. The molecule has 250 valence electrons. The standard InChI is InChI=1S/C37H39FN4O5S/c1-22(2)28-21-48(44,45)37-34(26-7-9-31-25(17-26)10-13-42(31)20-24-4-6-27(19-39)29(38)16-24)35(32-18-33(43)41(3)47-32)30(40-36(28)37)8-5-23-11-14-46-15-12-23/h4,6-7,9-10,13,16-18,22-23,28,34,40H,5,8,11-12,14-15,20-21H2,1-3H3. The minimum Gasteiger partial charge on any atom is -0.381 e. The van der Waals surface area contributed by atoms with E-state index in [1.54, 1.807) is 13.1 Å². The van der Waals surface area contributed by atoms with E-state index in [0.29, 0.717) is 35.1 Å². The monoisotopic (exact) mass is 670 g/mol. The minimum atomic E-state index is -3.66. The Morgan fingerprint density at radius 2 is 1.90 bits per heavy atom. The lowest BCUT2D eigenvalue weighted by molar-refractivity contribution is 0.0639. The Hall–Kier alpha value is -4.40. The number of hydrogen-bond donors (Lipinski definition) is 1. The summed E-state index contributed by atoms with van der Waals surface area (Å²) in [6.45, 7) is 5.98. The molecule has 9 nitrogen and oxygen atoms in total. The van der Waals surface area contributed by atoms with Crippen LogP contribution >= 0.6 is 0 Å². The van der Waals surface area contributed by atoms with Crippen LogP contribution in [0.25, 0.3) is 16.5 Å². The highest BCUT2D eigenvalue weighted by Crippen LogP contribution is 2.52. The maximum atomic E-state index is 14.4. The number of hydrogen-bond acceptors (Lipinski definition) is 7. The molecule has 48 heavy (non-hydrogen) atoms. The number of halogens is 1. The maximum absolute atomic E-state index is 14.4. The summed E-state index contributed by atoms with van der Waals surface area (Å²) in [6.07, 6.45) is 5.46. The SMILES string of the molecule is CC(C)C1CS(=O)(=O)C2=C1NC(CCC1CCOCC1)=C(c1cc(=O)n(C)o1)C2c1ccc2c(ccn2Cc2ccc(C#N)c(F)c2)c1. The van der Waals surface area contributed by atoms with Crippen molar-refractivity contribution < 1.29 is 22.1 Å². The van der Waals surface area contributed by atoms with Crippen LogP contribution in [0.1, 0.15) is 67.9 Å². The van der Waals surface area contributed by atoms with Crippen LogP contribution in [0.2, 0.25) is 0 Å². The number of nitrogens with one attached hydrogen (secondary N) is 1. The largest absolute Gasteiger partial charge is 0.381 e. The Balaban J connectivity index is 1.36. The number of rotatable bonds is 8. The van der Waals surface area contributed by atoms with Gasteiger partial charge in [-0.25, -0.2) is 12.8 Å². The van der Waals surface area contributed by atoms with Crippen LogP contribution in [0.4, 0.5) is 4.39 Å². The van der Waals surface area contributed by atoms with Gasteiger partial charge in [-0.05, 0) is 84.4 Å². The Morgan fingerprint density at radius 1 is 1.10 bits per heavy atom. The molecule has 4 aromatic rings. The van der Waals surface area contributed by atoms with Crippen LogP contribution in [0, 0.1) is 34.9 Å². The van der Waals surface area contributed by atoms with Crippen molar-refractivity contribution in [3.63, 3.8) is 0 Å². The predicted molar refractivity (Wildman–Crippen MR) is 181 cm³/mol. The van der Waals surface area contributed by atoms with Gasteiger partial charge in [-0.1, -0.05) is 26.0 Å². The summed E-state index contributed by atoms with van der Waals surface area (Å²) < 4.78 is 57.4. The molecule has 5 heterocycles. The molecule has 2 atom stereocenters. The van der Waals surface area contributed by atoms with Crippen LogP contribution in [0.5, 0.6) is 0 Å². The van der Waals surface area contributed by atoms with Gasteiger partial charge in [-0.3, -0.25) is 4.79 Å². The minimum absolute atomic E-state index is 0.00297. The number of aromatic nitrogens is 2. The van der Waals surface area contributed by atoms with E-state index in [9.17, 15) is 17.6 Å². The molecule has 0 amide bonds. The second-order valence-electron chi connectivity index (χ2n) is 13.6. The summed E-state index contributed by atoms with van der Waals surface area (Å²) in [4.78, 5) is 13.1. The summed E-state index contributed by atoms with van der Waals surface area (Å²) in [7, 11) is -2.11. The number of fused-ring (bicyclic) bond motifs is 1. The van der Waals surface area contributed by atoms with Gasteiger partial charge in [-0.15, -0.1) is 0 Å². The third-order valence-corrected chi connectivity index (χ3v) is 12.1. The first-order chi connectivity index (χ1) is 23.0. The number of aryl methyl sites for hydroxylation is 1. The maximum Gasteiger partial charge on any atom is 0.282 e. The molecule has 0 spiro atoms. The van der Waals surface area contributed by atoms with E-state index < -0.39 is 21.6 Å². The predicted octanol–water partition coefficient (Wildman–Crippen LogP) is 6.21. The van der Waals surface area contributed by atoms with E-state index in [1.165, 1.54) is 22.9 Å². The van der Waals surface area contributed by atoms with E-state index in [4.69, 9.17) is 14.5 Å². The molecule has 3 aliphatic heterocycles. The number of benzene rings is 2. The summed E-state index contributed by atoms with van der Waals surface area (Å²) >= 11 is 0. The number of sulfone groups is 1. The molecule has 1 saturated heterocycles. The molecule has 2 aromatic heterocycles. The molecule has 1 N–H and O–H groups in total. The zero-order valence-electron chi connectivity index (χ0n) is 27.3. The third kappa shape index (κ3) is 5.81. The van der Waals surface area contributed by atoms with Crippen molar-refractivity contribution in [2.24, 2.45) is 24.8 Å². The molecular formula is C37H39FN4O5S. The molecule has 11 heteroatoms. The van der Waals surface area contributed by atoms with Crippen molar-refractivity contribution in [2.45, 2.75) is 52.0 Å². The zero-order valence-corrected chi connectivity index (χ0v) is 28.1. The molecular weight excluding hydrogens is 631 g/mol. The Labute approximate surface area is 279 Å². The van der Waals surface area contributed by atoms with E-state index in [1.807, 2.05) is 41.1 Å². The van der Waals surface area contributed by atoms with E-state index >= 15 is 0 Å². The smallest absolute Gasteiger partial charge is 0.282 e. The Kier molecular flexibility index (Phi) is 8.42. The van der Waals surface area contributed by atoms with Gasteiger partial charge in [0.2, 0.25) is 0 Å². The van der Waals surface area contributed by atoms with Gasteiger partial charge in [0.25, 0.3) is 5.56 Å². The van der Waals surface area contributed by atoms with Crippen LogP contribution < -0.4 is 10.9 Å². The molecule has 0 bridgehead atoms. The molecule has 2 unspecified atom stereocenters. The van der Waals surface area contributed by atoms with Gasteiger partial charge in [0.15, 0.2) is 15.6 Å². The van der Waals surface area contributed by atoms with Crippen molar-refractivity contribution in [1.82, 2.24) is 14.6 Å². The zero-order chi connectivity index (χ0) is 33.7. The highest BCUT2D eigenvalue weighted by Gasteiger charge is 2.48. The van der Waals surface area contributed by atoms with Crippen molar-refractivity contribution in [3.8, 4) is 6.07 Å². The fourth-order valence-electron chi connectivity index (χ4n) is 7.53. The Morgan fingerprint density at radius 3 is 2.58 bits per heavy atom. The van der Waals surface area contributed by atoms with Crippen LogP contribution in [0.15, 0.2) is 80.3 Å². The van der Waals surface area contributed by atoms with Gasteiger partial charge in [0, 0.05) is 61.4 Å². The summed E-state index contributed by atoms with van der Waals surface area (Å²) in [5, 5.41) is 13.6. The normalized spacial score (nSPS) is 21.2. The van der Waals surface area contributed by atoms with Gasteiger partial charge >= 0.3 is 0 Å². The van der Waals surface area contributed by atoms with Crippen molar-refractivity contribution >= 4 is 26.3 Å². The molecule has 1 fully saturated rings. The average molecular weight is 671 g/mol. The fraction of sp³-hybridized carbons (Fsp3) is 0.405. The highest BCUT2D eigenvalue weighted by atomic mass is 32.2. The molecule has 0 radical (unpaired) electrons. The fourth-order valence-corrected chi connectivity index (χ4v) is 9.88. The van der Waals surface area contributed by atoms with Crippen molar-refractivity contribution in [2.75, 3.05) is 19.0 Å². The molecule has 0 aliphatic carbocycles. The van der Waals surface area contributed by atoms with Crippen LogP contribution in [-0.4, -0.2) is 36.7 Å². The summed E-state index contributed by atoms with van der Waals surface area (Å²) in [5.74, 6) is -0.453. The molecule has 3 aliphatic rings. The number of ether oxygens (including phenoxy) is 1. The second-order valence-corrected chi connectivity index (χ2v) is 15.6. The Bertz CT molecular complexity index is 2180. The first kappa shape index (κ1) is 32.2. The number of allylic oxidation sites excluding steroid dienone is 4. The van der Waals surface area contributed by atoms with Crippen molar-refractivity contribution in [1.29, 1.82) is 5.26 Å². The van der Waals surface area contributed by atoms with Crippen LogP contribution in [-0.2, 0) is 28.2 Å². The topological polar surface area (TPSA) is 119 Å². The van der Waals surface area contributed by atoms with E-state index in [-0.39, 0.29) is 28.7 Å². The molecule has 7 rings (SSSR count). The lowest BCUT2D eigenvalue weighted by atomic mass is 9.80. The first-order valence-electron chi connectivity index (χ1n) is 16.5. The average Bonchev–Trinajstić information content (AvgIpc) is 3.71. The van der Waals surface area contributed by atoms with Gasteiger partial charge in [-0.2, -0.15) is 10.0 Å². The van der Waals surface area contributed by atoms with Gasteiger partial charge in [0.05, 0.1) is 28.2 Å². The number of nitriles is 1. The lowest BCUT2D eigenvalue weighted by Gasteiger charge is -2.33. The second kappa shape index (κ2) is 12.6. The quantitative estimate of drug-likeness (QED) is 0.237. The summed E-state index contributed by atoms with van der Waals surface area (Å²) in [5.41, 5.74) is 4.43. The van der Waals surface area contributed by atoms with Gasteiger partial charge in [0.1, 0.15) is 11.9 Å². The lowest BCUT2D eigenvalue weighted by Crippen LogP contribution is -2.29. The summed E-state index contributed by atoms with van der Waals surface area (Å²) in [6, 6.07) is 15.8. The van der Waals surface area contributed by atoms with Gasteiger partial charge < -0.3 is 19.1 Å². The third-order valence-electron chi connectivity index (χ3n) is 10.2. The highest BCUT2D eigenvalue weighted by molar-refractivity contribution is 7.95. The van der Waals surface area contributed by atoms with Crippen LogP contribution in [0.3, 0.4) is 0 Å².